The Kier molecular flexibility index (Phi) is 4.88. The number of nitrogens with zero attached hydrogens (tertiary/aromatic N) is 3. The van der Waals surface area contributed by atoms with Crippen LogP contribution in [0.25, 0.3) is 0 Å². The Balaban J connectivity index is 1.63. The molecule has 2 aliphatic rings. The lowest BCUT2D eigenvalue weighted by Gasteiger charge is -2.42. The van der Waals surface area contributed by atoms with Gasteiger partial charge in [0.15, 0.2) is 0 Å². The molecule has 0 bridgehead atoms. The molecule has 0 spiro atoms. The zero-order chi connectivity index (χ0) is 14.7. The Morgan fingerprint density at radius 1 is 1.10 bits per heavy atom. The normalized spacial score (nSPS) is 25.0. The third-order valence-electron chi connectivity index (χ3n) is 5.13. The van der Waals surface area contributed by atoms with Crippen molar-refractivity contribution >= 4 is 0 Å². The lowest BCUT2D eigenvalue weighted by molar-refractivity contribution is 0.0633. The van der Waals surface area contributed by atoms with Gasteiger partial charge in [0, 0.05) is 56.7 Å². The highest BCUT2D eigenvalue weighted by molar-refractivity contribution is 5.17. The minimum atomic E-state index is 0.144. The van der Waals surface area contributed by atoms with Crippen LogP contribution in [0.1, 0.15) is 44.2 Å². The van der Waals surface area contributed by atoms with Crippen molar-refractivity contribution in [3.8, 4) is 0 Å². The van der Waals surface area contributed by atoms with E-state index >= 15 is 0 Å². The highest BCUT2D eigenvalue weighted by atomic mass is 15.3. The van der Waals surface area contributed by atoms with E-state index in [0.717, 1.165) is 19.1 Å². The Bertz CT molecular complexity index is 420. The molecule has 2 fully saturated rings. The van der Waals surface area contributed by atoms with Gasteiger partial charge in [-0.25, -0.2) is 0 Å². The van der Waals surface area contributed by atoms with Crippen LogP contribution in [-0.2, 0) is 0 Å². The van der Waals surface area contributed by atoms with Gasteiger partial charge in [-0.2, -0.15) is 0 Å². The maximum absolute atomic E-state index is 6.28. The summed E-state index contributed by atoms with van der Waals surface area (Å²) in [7, 11) is 0. The average Bonchev–Trinajstić information content (AvgIpc) is 3.03. The summed E-state index contributed by atoms with van der Waals surface area (Å²) in [6, 6.07) is 5.53. The van der Waals surface area contributed by atoms with E-state index < -0.39 is 0 Å². The van der Waals surface area contributed by atoms with Crippen LogP contribution in [0.3, 0.4) is 0 Å². The molecule has 2 heterocycles. The van der Waals surface area contributed by atoms with Crippen LogP contribution < -0.4 is 5.73 Å². The second kappa shape index (κ2) is 6.86. The molecule has 4 nitrogen and oxygen atoms in total. The highest BCUT2D eigenvalue weighted by Crippen LogP contribution is 2.28. The Labute approximate surface area is 128 Å². The molecule has 2 N–H and O–H groups in total. The fourth-order valence-electron chi connectivity index (χ4n) is 4.06. The second-order valence-corrected chi connectivity index (χ2v) is 6.59. The molecule has 0 aromatic carbocycles. The van der Waals surface area contributed by atoms with Crippen molar-refractivity contribution in [1.29, 1.82) is 0 Å². The van der Waals surface area contributed by atoms with E-state index in [1.54, 1.807) is 0 Å². The third-order valence-corrected chi connectivity index (χ3v) is 5.13. The van der Waals surface area contributed by atoms with Crippen LogP contribution in [-0.4, -0.2) is 53.0 Å². The molecule has 1 saturated carbocycles. The van der Waals surface area contributed by atoms with Crippen LogP contribution in [0.15, 0.2) is 24.5 Å². The molecule has 3 rings (SSSR count). The van der Waals surface area contributed by atoms with Gasteiger partial charge in [0.25, 0.3) is 0 Å². The second-order valence-electron chi connectivity index (χ2n) is 6.59. The van der Waals surface area contributed by atoms with Crippen molar-refractivity contribution in [3.05, 3.63) is 30.1 Å². The van der Waals surface area contributed by atoms with E-state index in [1.165, 1.54) is 44.3 Å². The first kappa shape index (κ1) is 14.9. The Morgan fingerprint density at radius 3 is 2.29 bits per heavy atom. The highest BCUT2D eigenvalue weighted by Gasteiger charge is 2.30. The topological polar surface area (TPSA) is 45.4 Å². The van der Waals surface area contributed by atoms with Crippen LogP contribution in [0.5, 0.6) is 0 Å². The van der Waals surface area contributed by atoms with E-state index in [9.17, 15) is 0 Å². The van der Waals surface area contributed by atoms with Gasteiger partial charge in [-0.05, 0) is 37.5 Å². The summed E-state index contributed by atoms with van der Waals surface area (Å²) in [4.78, 5) is 9.39. The minimum absolute atomic E-state index is 0.144. The number of pyridine rings is 1. The molecule has 1 saturated heterocycles. The van der Waals surface area contributed by atoms with E-state index in [1.807, 2.05) is 12.4 Å². The minimum Gasteiger partial charge on any atom is -0.326 e. The maximum atomic E-state index is 6.28. The van der Waals surface area contributed by atoms with E-state index in [4.69, 9.17) is 5.73 Å². The van der Waals surface area contributed by atoms with Crippen molar-refractivity contribution in [2.45, 2.75) is 50.7 Å². The fraction of sp³-hybridized carbons (Fsp3) is 0.706. The van der Waals surface area contributed by atoms with Gasteiger partial charge < -0.3 is 5.73 Å². The van der Waals surface area contributed by atoms with Crippen molar-refractivity contribution in [1.82, 2.24) is 14.8 Å². The summed E-state index contributed by atoms with van der Waals surface area (Å²) in [6.07, 6.45) is 9.40. The first-order chi connectivity index (χ1) is 10.3. The van der Waals surface area contributed by atoms with Crippen molar-refractivity contribution in [2.24, 2.45) is 5.73 Å². The van der Waals surface area contributed by atoms with Gasteiger partial charge in [-0.3, -0.25) is 14.8 Å². The zero-order valence-corrected chi connectivity index (χ0v) is 13.1. The molecule has 1 aliphatic carbocycles. The summed E-state index contributed by atoms with van der Waals surface area (Å²) in [5.74, 6) is 0. The van der Waals surface area contributed by atoms with Gasteiger partial charge in [0.1, 0.15) is 0 Å². The molecule has 0 amide bonds. The lowest BCUT2D eigenvalue weighted by Crippen LogP contribution is -2.53. The van der Waals surface area contributed by atoms with Crippen molar-refractivity contribution in [2.75, 3.05) is 26.2 Å². The summed E-state index contributed by atoms with van der Waals surface area (Å²) in [6.45, 7) is 6.77. The molecule has 21 heavy (non-hydrogen) atoms. The third kappa shape index (κ3) is 3.44. The van der Waals surface area contributed by atoms with Gasteiger partial charge in [0.2, 0.25) is 0 Å². The molecule has 1 aromatic rings. The average molecular weight is 288 g/mol. The van der Waals surface area contributed by atoms with Crippen molar-refractivity contribution in [3.63, 3.8) is 0 Å². The number of hydrogen-bond acceptors (Lipinski definition) is 4. The van der Waals surface area contributed by atoms with Crippen LogP contribution in [0, 0.1) is 0 Å². The standard InChI is InChI=1S/C17H28N4/c1-14(18)17(15-6-8-19-9-7-15)21-12-10-20(11-13-21)16-4-2-3-5-16/h6-9,14,16-17H,2-5,10-13,18H2,1H3. The molecule has 2 unspecified atom stereocenters. The summed E-state index contributed by atoms with van der Waals surface area (Å²) in [5, 5.41) is 0. The molecular weight excluding hydrogens is 260 g/mol. The van der Waals surface area contributed by atoms with Gasteiger partial charge in [0.05, 0.1) is 0 Å². The van der Waals surface area contributed by atoms with Crippen LogP contribution in [0.2, 0.25) is 0 Å². The molecular formula is C17H28N4. The number of aromatic nitrogens is 1. The Morgan fingerprint density at radius 2 is 1.71 bits per heavy atom. The summed E-state index contributed by atoms with van der Waals surface area (Å²) < 4.78 is 0. The van der Waals surface area contributed by atoms with Crippen LogP contribution in [0.4, 0.5) is 0 Å². The first-order valence-electron chi connectivity index (χ1n) is 8.39. The Hall–Kier alpha value is -0.970. The molecule has 2 atom stereocenters. The predicted molar refractivity (Wildman–Crippen MR) is 86.0 cm³/mol. The summed E-state index contributed by atoms with van der Waals surface area (Å²) >= 11 is 0. The largest absolute Gasteiger partial charge is 0.326 e. The summed E-state index contributed by atoms with van der Waals surface area (Å²) in [5.41, 5.74) is 7.58. The smallest absolute Gasteiger partial charge is 0.0498 e. The molecule has 1 aromatic heterocycles. The molecule has 4 heteroatoms. The molecule has 1 aliphatic heterocycles. The van der Waals surface area contributed by atoms with Gasteiger partial charge in [-0.15, -0.1) is 0 Å². The number of piperazine rings is 1. The maximum Gasteiger partial charge on any atom is 0.0498 e. The van der Waals surface area contributed by atoms with Crippen molar-refractivity contribution < 1.29 is 0 Å². The zero-order valence-electron chi connectivity index (χ0n) is 13.1. The van der Waals surface area contributed by atoms with E-state index in [2.05, 4.69) is 33.8 Å². The number of nitrogens with two attached hydrogens (primary N) is 1. The van der Waals surface area contributed by atoms with E-state index in [-0.39, 0.29) is 6.04 Å². The SMILES string of the molecule is CC(N)C(c1ccncc1)N1CCN(C2CCCC2)CC1. The fourth-order valence-corrected chi connectivity index (χ4v) is 4.06. The monoisotopic (exact) mass is 288 g/mol. The quantitative estimate of drug-likeness (QED) is 0.921. The molecule has 116 valence electrons. The van der Waals surface area contributed by atoms with E-state index in [0.29, 0.717) is 6.04 Å². The molecule has 0 radical (unpaired) electrons. The van der Waals surface area contributed by atoms with Gasteiger partial charge in [-0.1, -0.05) is 12.8 Å². The number of hydrogen-bond donors (Lipinski definition) is 1. The van der Waals surface area contributed by atoms with Gasteiger partial charge >= 0.3 is 0 Å². The van der Waals surface area contributed by atoms with Crippen LogP contribution >= 0.6 is 0 Å². The predicted octanol–water partition coefficient (Wildman–Crippen LogP) is 2.03. The first-order valence-corrected chi connectivity index (χ1v) is 8.39. The number of rotatable bonds is 4. The lowest BCUT2D eigenvalue weighted by atomic mass is 9.99.